The molecule has 0 bridgehead atoms. The maximum absolute atomic E-state index is 9.99. The number of nitrogens with zero attached hydrogens (tertiary/aromatic N) is 1. The first-order valence-corrected chi connectivity index (χ1v) is 22.6. The van der Waals surface area contributed by atoms with E-state index in [2.05, 4.69) is 194 Å². The molecule has 0 N–H and O–H groups in total. The van der Waals surface area contributed by atoms with E-state index < -0.39 is 5.41 Å². The van der Waals surface area contributed by atoms with Crippen LogP contribution in [0, 0.1) is 0 Å². The molecule has 0 unspecified atom stereocenters. The zero-order chi connectivity index (χ0) is 47.1. The van der Waals surface area contributed by atoms with Crippen molar-refractivity contribution in [3.8, 4) is 33.4 Å². The highest BCUT2D eigenvalue weighted by Gasteiger charge is 2.46. The first-order chi connectivity index (χ1) is 34.4. The van der Waals surface area contributed by atoms with Gasteiger partial charge in [-0.25, -0.2) is 0 Å². The molecule has 66 heavy (non-hydrogen) atoms. The van der Waals surface area contributed by atoms with Gasteiger partial charge in [0, 0.05) is 17.1 Å². The van der Waals surface area contributed by atoms with Crippen LogP contribution in [0.3, 0.4) is 0 Å². The third-order valence-electron chi connectivity index (χ3n) is 13.8. The van der Waals surface area contributed by atoms with Crippen molar-refractivity contribution in [2.75, 3.05) is 4.90 Å². The van der Waals surface area contributed by atoms with Crippen molar-refractivity contribution >= 4 is 60.2 Å². The summed E-state index contributed by atoms with van der Waals surface area (Å²) in [5.41, 5.74) is 10.7. The van der Waals surface area contributed by atoms with E-state index in [0.717, 1.165) is 82.3 Å². The largest absolute Gasteiger partial charge is 0.310 e. The lowest BCUT2D eigenvalue weighted by Gasteiger charge is -2.34. The third-order valence-corrected chi connectivity index (χ3v) is 13.8. The summed E-state index contributed by atoms with van der Waals surface area (Å²) in [5, 5.41) is 8.80. The van der Waals surface area contributed by atoms with Gasteiger partial charge in [-0.2, -0.15) is 0 Å². The topological polar surface area (TPSA) is 3.24 Å². The lowest BCUT2D eigenvalue weighted by Crippen LogP contribution is -2.28. The number of fused-ring (bicyclic) bond motifs is 9. The summed E-state index contributed by atoms with van der Waals surface area (Å²) in [6, 6.07) is 81.9. The van der Waals surface area contributed by atoms with Crippen LogP contribution in [0.2, 0.25) is 0 Å². The van der Waals surface area contributed by atoms with E-state index >= 15 is 0 Å². The van der Waals surface area contributed by atoms with Gasteiger partial charge in [-0.05, 0) is 147 Å². The average molecular weight is 842 g/mol. The van der Waals surface area contributed by atoms with E-state index in [1.54, 1.807) is 0 Å². The van der Waals surface area contributed by atoms with Crippen molar-refractivity contribution in [2.45, 2.75) is 5.41 Å². The molecule has 12 aromatic rings. The smallest absolute Gasteiger partial charge is 0.0713 e. The summed E-state index contributed by atoms with van der Waals surface area (Å²) < 4.78 is 39.6. The minimum atomic E-state index is -0.619. The maximum Gasteiger partial charge on any atom is 0.0713 e. The van der Waals surface area contributed by atoms with Gasteiger partial charge in [-0.1, -0.05) is 212 Å². The molecule has 0 atom stereocenters. The molecule has 308 valence electrons. The minimum Gasteiger partial charge on any atom is -0.310 e. The number of hydrogen-bond acceptors (Lipinski definition) is 1. The summed E-state index contributed by atoms with van der Waals surface area (Å²) in [5.74, 6) is 0. The SMILES string of the molecule is [2H]c1c([2H])c(N(c2cccc(-c3cc4ccccc4c4ccccc34)c2)c2ccc3c(c2)-c2ccccc2C3(c2ccccc2)c2ccccc2)c([2H])c([2H])c1-c1ccc2ccc3ccccc3c2c1. The zero-order valence-corrected chi connectivity index (χ0v) is 36.0. The van der Waals surface area contributed by atoms with E-state index in [0.29, 0.717) is 11.3 Å². The van der Waals surface area contributed by atoms with Gasteiger partial charge < -0.3 is 4.90 Å². The fourth-order valence-electron chi connectivity index (χ4n) is 10.8. The van der Waals surface area contributed by atoms with Crippen molar-refractivity contribution in [3.63, 3.8) is 0 Å². The van der Waals surface area contributed by atoms with Crippen LogP contribution in [0.25, 0.3) is 76.5 Å². The van der Waals surface area contributed by atoms with Crippen LogP contribution in [0.5, 0.6) is 0 Å². The Balaban J connectivity index is 1.06. The van der Waals surface area contributed by atoms with Gasteiger partial charge in [0.2, 0.25) is 0 Å². The highest BCUT2D eigenvalue weighted by molar-refractivity contribution is 6.14. The van der Waals surface area contributed by atoms with Crippen LogP contribution in [-0.4, -0.2) is 0 Å². The Labute approximate surface area is 390 Å². The van der Waals surface area contributed by atoms with E-state index in [1.165, 1.54) is 10.9 Å². The molecule has 0 saturated heterocycles. The molecule has 0 radical (unpaired) electrons. The zero-order valence-electron chi connectivity index (χ0n) is 40.0. The predicted octanol–water partition coefficient (Wildman–Crippen LogP) is 17.5. The summed E-state index contributed by atoms with van der Waals surface area (Å²) >= 11 is 0. The van der Waals surface area contributed by atoms with Gasteiger partial charge in [0.25, 0.3) is 0 Å². The van der Waals surface area contributed by atoms with Gasteiger partial charge >= 0.3 is 0 Å². The van der Waals surface area contributed by atoms with E-state index in [1.807, 2.05) is 47.4 Å². The Hall–Kier alpha value is -8.52. The molecule has 1 aliphatic rings. The molecule has 1 heteroatoms. The predicted molar refractivity (Wildman–Crippen MR) is 279 cm³/mol. The van der Waals surface area contributed by atoms with Gasteiger partial charge in [0.15, 0.2) is 0 Å². The summed E-state index contributed by atoms with van der Waals surface area (Å²) in [6.45, 7) is 0. The lowest BCUT2D eigenvalue weighted by molar-refractivity contribution is 0.768. The minimum absolute atomic E-state index is 0.101. The van der Waals surface area contributed by atoms with Crippen molar-refractivity contribution < 1.29 is 5.48 Å². The highest BCUT2D eigenvalue weighted by Crippen LogP contribution is 2.57. The fraction of sp³-hybridized carbons (Fsp3) is 0.0154. The summed E-state index contributed by atoms with van der Waals surface area (Å²) in [7, 11) is 0. The molecular formula is C65H43N. The van der Waals surface area contributed by atoms with Gasteiger partial charge in [-0.3, -0.25) is 0 Å². The molecule has 0 spiro atoms. The second kappa shape index (κ2) is 15.3. The van der Waals surface area contributed by atoms with Crippen molar-refractivity contribution in [1.82, 2.24) is 0 Å². The summed E-state index contributed by atoms with van der Waals surface area (Å²) in [4.78, 5) is 1.94. The second-order valence-corrected chi connectivity index (χ2v) is 17.3. The van der Waals surface area contributed by atoms with Crippen LogP contribution in [0.4, 0.5) is 17.1 Å². The second-order valence-electron chi connectivity index (χ2n) is 17.3. The molecule has 12 aromatic carbocycles. The Morgan fingerprint density at radius 3 is 1.62 bits per heavy atom. The van der Waals surface area contributed by atoms with Crippen LogP contribution < -0.4 is 4.90 Å². The maximum atomic E-state index is 9.99. The molecule has 13 rings (SSSR count). The number of benzene rings is 12. The Morgan fingerprint density at radius 2 is 0.864 bits per heavy atom. The molecule has 0 fully saturated rings. The molecule has 0 saturated carbocycles. The monoisotopic (exact) mass is 841 g/mol. The molecular weight excluding hydrogens is 795 g/mol. The quantitative estimate of drug-likeness (QED) is 0.145. The van der Waals surface area contributed by atoms with Crippen molar-refractivity contribution in [2.24, 2.45) is 0 Å². The van der Waals surface area contributed by atoms with E-state index in [9.17, 15) is 5.48 Å². The fourth-order valence-corrected chi connectivity index (χ4v) is 10.8. The molecule has 1 aliphatic carbocycles. The van der Waals surface area contributed by atoms with Crippen molar-refractivity contribution in [1.29, 1.82) is 0 Å². The molecule has 0 heterocycles. The molecule has 0 aromatic heterocycles. The van der Waals surface area contributed by atoms with Crippen LogP contribution in [0.15, 0.2) is 261 Å². The van der Waals surface area contributed by atoms with Gasteiger partial charge in [0.1, 0.15) is 0 Å². The Morgan fingerprint density at radius 1 is 0.288 bits per heavy atom. The lowest BCUT2D eigenvalue weighted by atomic mass is 9.68. The van der Waals surface area contributed by atoms with E-state index in [4.69, 9.17) is 0 Å². The first-order valence-electron chi connectivity index (χ1n) is 24.6. The van der Waals surface area contributed by atoms with Gasteiger partial charge in [0.05, 0.1) is 10.9 Å². The van der Waals surface area contributed by atoms with Gasteiger partial charge in [-0.15, -0.1) is 0 Å². The first kappa shape index (κ1) is 34.0. The molecule has 1 nitrogen and oxygen atoms in total. The van der Waals surface area contributed by atoms with Crippen LogP contribution >= 0.6 is 0 Å². The van der Waals surface area contributed by atoms with E-state index in [-0.39, 0.29) is 35.4 Å². The number of anilines is 3. The van der Waals surface area contributed by atoms with Crippen LogP contribution in [-0.2, 0) is 5.41 Å². The number of rotatable bonds is 7. The highest BCUT2D eigenvalue weighted by atomic mass is 15.1. The average Bonchev–Trinajstić information content (AvgIpc) is 3.72. The Bertz CT molecular complexity index is 4000. The molecule has 0 aliphatic heterocycles. The van der Waals surface area contributed by atoms with Crippen molar-refractivity contribution in [3.05, 3.63) is 283 Å². The normalized spacial score (nSPS) is 13.5. The third kappa shape index (κ3) is 5.94. The number of hydrogen-bond donors (Lipinski definition) is 0. The van der Waals surface area contributed by atoms with Crippen LogP contribution in [0.1, 0.15) is 27.7 Å². The molecule has 0 amide bonds. The Kier molecular flexibility index (Phi) is 7.89. The standard InChI is InChI=1S/C65H43N/c1-3-19-50(20-4-1)65(51-21-5-2-6-22-51)63-29-14-13-28-59(63)62-43-54(38-39-64(62)65)66(52-36-34-44(35-37-52)47-33-32-46-31-30-45-16-7-9-24-55(45)60(46)41-47)53-23-15-18-48(40-53)61-42-49-17-8-10-25-56(49)57-26-11-12-27-58(57)61/h1-43H/i34D,35D,36D,37D. The summed E-state index contributed by atoms with van der Waals surface area (Å²) in [6.07, 6.45) is 0.